The molecule has 0 saturated carbocycles. The molecular formula is C24H32N4O. The van der Waals surface area contributed by atoms with Gasteiger partial charge in [0, 0.05) is 60.2 Å². The summed E-state index contributed by atoms with van der Waals surface area (Å²) in [7, 11) is 0. The topological polar surface area (TPSA) is 61.0 Å². The number of carbonyl (C=O) groups is 1. The Bertz CT molecular complexity index is 930. The molecule has 2 unspecified atom stereocenters. The number of amides is 1. The monoisotopic (exact) mass is 392 g/mol. The van der Waals surface area contributed by atoms with Crippen LogP contribution in [0.5, 0.6) is 0 Å². The third-order valence-corrected chi connectivity index (χ3v) is 5.63. The molecule has 0 saturated heterocycles. The molecule has 1 amide bonds. The second kappa shape index (κ2) is 9.70. The van der Waals surface area contributed by atoms with Gasteiger partial charge in [-0.3, -0.25) is 9.78 Å². The summed E-state index contributed by atoms with van der Waals surface area (Å²) in [4.78, 5) is 22.6. The van der Waals surface area contributed by atoms with Crippen molar-refractivity contribution >= 4 is 16.8 Å². The van der Waals surface area contributed by atoms with E-state index in [4.69, 9.17) is 0 Å². The Morgan fingerprint density at radius 2 is 1.83 bits per heavy atom. The smallest absolute Gasteiger partial charge is 0.254 e. The van der Waals surface area contributed by atoms with Gasteiger partial charge < -0.3 is 15.2 Å². The third-order valence-electron chi connectivity index (χ3n) is 5.63. The van der Waals surface area contributed by atoms with Crippen LogP contribution in [0.4, 0.5) is 0 Å². The minimum Gasteiger partial charge on any atom is -0.361 e. The van der Waals surface area contributed by atoms with Crippen molar-refractivity contribution < 1.29 is 4.79 Å². The van der Waals surface area contributed by atoms with Gasteiger partial charge in [-0.2, -0.15) is 0 Å². The Balaban J connectivity index is 2.01. The molecular weight excluding hydrogens is 360 g/mol. The van der Waals surface area contributed by atoms with Crippen LogP contribution in [0.2, 0.25) is 0 Å². The fourth-order valence-corrected chi connectivity index (χ4v) is 4.11. The number of fused-ring (bicyclic) bond motifs is 1. The molecule has 2 aromatic heterocycles. The lowest BCUT2D eigenvalue weighted by Gasteiger charge is -2.27. The van der Waals surface area contributed by atoms with Crippen LogP contribution in [-0.2, 0) is 0 Å². The van der Waals surface area contributed by atoms with Crippen molar-refractivity contribution in [1.29, 1.82) is 0 Å². The Kier molecular flexibility index (Phi) is 7.04. The van der Waals surface area contributed by atoms with E-state index in [2.05, 4.69) is 47.3 Å². The first kappa shape index (κ1) is 21.1. The van der Waals surface area contributed by atoms with E-state index in [1.807, 2.05) is 49.5 Å². The summed E-state index contributed by atoms with van der Waals surface area (Å²) in [5, 5.41) is 4.89. The van der Waals surface area contributed by atoms with Crippen molar-refractivity contribution in [3.8, 4) is 0 Å². The number of benzene rings is 1. The minimum atomic E-state index is 0.0220. The highest BCUT2D eigenvalue weighted by molar-refractivity contribution is 6.01. The number of nitrogens with zero attached hydrogens (tertiary/aromatic N) is 2. The van der Waals surface area contributed by atoms with Gasteiger partial charge >= 0.3 is 0 Å². The second-order valence-electron chi connectivity index (χ2n) is 7.45. The van der Waals surface area contributed by atoms with Crippen LogP contribution in [0.1, 0.15) is 74.1 Å². The molecule has 29 heavy (non-hydrogen) atoms. The van der Waals surface area contributed by atoms with Gasteiger partial charge in [0.05, 0.1) is 0 Å². The molecule has 0 radical (unpaired) electrons. The van der Waals surface area contributed by atoms with Gasteiger partial charge in [0.2, 0.25) is 0 Å². The van der Waals surface area contributed by atoms with Crippen LogP contribution in [0.3, 0.4) is 0 Å². The van der Waals surface area contributed by atoms with E-state index >= 15 is 0 Å². The number of carbonyl (C=O) groups excluding carboxylic acids is 1. The number of nitrogens with one attached hydrogen (secondary N) is 2. The van der Waals surface area contributed by atoms with E-state index in [-0.39, 0.29) is 18.0 Å². The standard InChI is InChI=1S/C24H32N4O/c1-5-8-21(18-11-14-25-15-12-18)27-17(4)23-19-13-16-26-22(19)10-9-20(23)24(29)28(6-2)7-3/h9-17,21,26-27H,5-8H2,1-4H3. The van der Waals surface area contributed by atoms with Crippen molar-refractivity contribution in [3.05, 3.63) is 65.6 Å². The number of rotatable bonds is 9. The Labute approximate surface area is 173 Å². The number of aromatic amines is 1. The first-order chi connectivity index (χ1) is 14.1. The molecule has 0 spiro atoms. The maximum absolute atomic E-state index is 13.3. The van der Waals surface area contributed by atoms with Gasteiger partial charge in [-0.25, -0.2) is 0 Å². The molecule has 0 bridgehead atoms. The van der Waals surface area contributed by atoms with Crippen molar-refractivity contribution in [1.82, 2.24) is 20.2 Å². The Morgan fingerprint density at radius 3 is 2.48 bits per heavy atom. The SMILES string of the molecule is CCCC(NC(C)c1c(C(=O)N(CC)CC)ccc2[nH]ccc12)c1ccncc1. The molecule has 5 nitrogen and oxygen atoms in total. The molecule has 0 aliphatic carbocycles. The largest absolute Gasteiger partial charge is 0.361 e. The Morgan fingerprint density at radius 1 is 1.10 bits per heavy atom. The molecule has 3 rings (SSSR count). The van der Waals surface area contributed by atoms with Gasteiger partial charge in [-0.15, -0.1) is 0 Å². The van der Waals surface area contributed by atoms with Crippen molar-refractivity contribution in [3.63, 3.8) is 0 Å². The van der Waals surface area contributed by atoms with Gasteiger partial charge in [0.15, 0.2) is 0 Å². The molecule has 2 atom stereocenters. The van der Waals surface area contributed by atoms with Crippen LogP contribution in [-0.4, -0.2) is 33.9 Å². The molecule has 2 heterocycles. The average molecular weight is 393 g/mol. The molecule has 0 fully saturated rings. The van der Waals surface area contributed by atoms with Crippen LogP contribution in [0, 0.1) is 0 Å². The molecule has 5 heteroatoms. The molecule has 0 aliphatic heterocycles. The van der Waals surface area contributed by atoms with E-state index in [0.29, 0.717) is 13.1 Å². The van der Waals surface area contributed by atoms with Crippen LogP contribution in [0.15, 0.2) is 48.9 Å². The van der Waals surface area contributed by atoms with E-state index in [9.17, 15) is 4.79 Å². The molecule has 154 valence electrons. The highest BCUT2D eigenvalue weighted by Gasteiger charge is 2.24. The van der Waals surface area contributed by atoms with Gasteiger partial charge in [-0.05, 0) is 68.7 Å². The number of hydrogen-bond donors (Lipinski definition) is 2. The fourth-order valence-electron chi connectivity index (χ4n) is 4.11. The summed E-state index contributed by atoms with van der Waals surface area (Å²) >= 11 is 0. The van der Waals surface area contributed by atoms with Gasteiger partial charge in [-0.1, -0.05) is 13.3 Å². The average Bonchev–Trinajstić information content (AvgIpc) is 3.22. The van der Waals surface area contributed by atoms with E-state index in [1.165, 1.54) is 5.56 Å². The van der Waals surface area contributed by atoms with Crippen molar-refractivity contribution in [2.45, 2.75) is 52.6 Å². The fraction of sp³-hybridized carbons (Fsp3) is 0.417. The zero-order chi connectivity index (χ0) is 20.8. The zero-order valence-electron chi connectivity index (χ0n) is 17.9. The summed E-state index contributed by atoms with van der Waals surface area (Å²) in [5.74, 6) is 0.0951. The van der Waals surface area contributed by atoms with E-state index in [1.54, 1.807) is 0 Å². The van der Waals surface area contributed by atoms with Crippen LogP contribution < -0.4 is 5.32 Å². The van der Waals surface area contributed by atoms with Gasteiger partial charge in [0.1, 0.15) is 0 Å². The molecule has 3 aromatic rings. The highest BCUT2D eigenvalue weighted by atomic mass is 16.2. The first-order valence-electron chi connectivity index (χ1n) is 10.7. The van der Waals surface area contributed by atoms with Crippen LogP contribution >= 0.6 is 0 Å². The highest BCUT2D eigenvalue weighted by Crippen LogP contribution is 2.31. The zero-order valence-corrected chi connectivity index (χ0v) is 17.9. The number of pyridine rings is 1. The predicted octanol–water partition coefficient (Wildman–Crippen LogP) is 5.24. The van der Waals surface area contributed by atoms with Crippen molar-refractivity contribution in [2.24, 2.45) is 0 Å². The second-order valence-corrected chi connectivity index (χ2v) is 7.45. The van der Waals surface area contributed by atoms with E-state index < -0.39 is 0 Å². The summed E-state index contributed by atoms with van der Waals surface area (Å²) in [6.07, 6.45) is 7.72. The molecule has 2 N–H and O–H groups in total. The third kappa shape index (κ3) is 4.51. The summed E-state index contributed by atoms with van der Waals surface area (Å²) < 4.78 is 0. The normalized spacial score (nSPS) is 13.4. The minimum absolute atomic E-state index is 0.0220. The van der Waals surface area contributed by atoms with E-state index in [0.717, 1.165) is 34.9 Å². The summed E-state index contributed by atoms with van der Waals surface area (Å²) in [6, 6.07) is 10.4. The number of aromatic nitrogens is 2. The summed E-state index contributed by atoms with van der Waals surface area (Å²) in [6.45, 7) is 9.82. The number of H-pyrrole nitrogens is 1. The van der Waals surface area contributed by atoms with Gasteiger partial charge in [0.25, 0.3) is 5.91 Å². The summed E-state index contributed by atoms with van der Waals surface area (Å²) in [5.41, 5.74) is 4.13. The lowest BCUT2D eigenvalue weighted by Crippen LogP contribution is -2.33. The Hall–Kier alpha value is -2.66. The maximum Gasteiger partial charge on any atom is 0.254 e. The quantitative estimate of drug-likeness (QED) is 0.524. The van der Waals surface area contributed by atoms with Crippen LogP contribution in [0.25, 0.3) is 10.9 Å². The lowest BCUT2D eigenvalue weighted by molar-refractivity contribution is 0.0771. The predicted molar refractivity (Wildman–Crippen MR) is 119 cm³/mol. The van der Waals surface area contributed by atoms with Crippen molar-refractivity contribution in [2.75, 3.05) is 13.1 Å². The first-order valence-corrected chi connectivity index (χ1v) is 10.7. The molecule has 1 aromatic carbocycles. The lowest BCUT2D eigenvalue weighted by atomic mass is 9.94. The molecule has 0 aliphatic rings. The maximum atomic E-state index is 13.3. The number of hydrogen-bond acceptors (Lipinski definition) is 3.